The number of Topliss-reactive ketones (excluding diaryl/α,β-unsaturated/α-hetero) is 1. The molecule has 54 valence electrons. The Hall–Kier alpha value is -0.630. The molecule has 0 amide bonds. The van der Waals surface area contributed by atoms with E-state index in [9.17, 15) is 4.79 Å². The molecule has 1 heterocycles. The largest absolute Gasteiger partial charge is 0.295 e. The fourth-order valence-electron chi connectivity index (χ4n) is 0.856. The van der Waals surface area contributed by atoms with Crippen molar-refractivity contribution >= 4 is 23.6 Å². The molecule has 0 bridgehead atoms. The number of carbonyl (C=O) groups excluding carboxylic acids is 1. The number of rotatable bonds is 1. The van der Waals surface area contributed by atoms with Gasteiger partial charge < -0.3 is 0 Å². The molecule has 0 saturated heterocycles. The second kappa shape index (κ2) is 2.97. The summed E-state index contributed by atoms with van der Waals surface area (Å²) in [5, 5.41) is 0.360. The quantitative estimate of drug-likeness (QED) is 0.535. The van der Waals surface area contributed by atoms with Gasteiger partial charge in [0.2, 0.25) is 0 Å². The summed E-state index contributed by atoms with van der Waals surface area (Å²) in [5.74, 6) is 0.0295. The van der Waals surface area contributed by atoms with Crippen molar-refractivity contribution in [3.05, 3.63) is 10.7 Å². The van der Waals surface area contributed by atoms with E-state index in [0.717, 1.165) is 12.8 Å². The number of nitrogens with zero attached hydrogens (tertiary/aromatic N) is 1. The van der Waals surface area contributed by atoms with Crippen LogP contribution in [0, 0.1) is 0 Å². The van der Waals surface area contributed by atoms with Crippen molar-refractivity contribution in [3.8, 4) is 0 Å². The molecule has 0 radical (unpaired) electrons. The van der Waals surface area contributed by atoms with Crippen LogP contribution >= 0.6 is 11.6 Å². The van der Waals surface area contributed by atoms with Crippen LogP contribution in [0.4, 0.5) is 0 Å². The molecule has 10 heavy (non-hydrogen) atoms. The van der Waals surface area contributed by atoms with E-state index < -0.39 is 0 Å². The Morgan fingerprint density at radius 3 is 2.90 bits per heavy atom. The second-order valence-electron chi connectivity index (χ2n) is 2.18. The number of allylic oxidation sites excluding steroid dienone is 1. The van der Waals surface area contributed by atoms with Gasteiger partial charge in [-0.1, -0.05) is 11.6 Å². The summed E-state index contributed by atoms with van der Waals surface area (Å²) in [4.78, 5) is 14.6. The Labute approximate surface area is 64.6 Å². The Morgan fingerprint density at radius 2 is 2.50 bits per heavy atom. The van der Waals surface area contributed by atoms with Crippen molar-refractivity contribution in [2.24, 2.45) is 4.99 Å². The molecule has 0 aromatic heterocycles. The first-order chi connectivity index (χ1) is 4.72. The lowest BCUT2D eigenvalue weighted by atomic mass is 10.1. The monoisotopic (exact) mass is 157 g/mol. The molecule has 0 aliphatic carbocycles. The minimum atomic E-state index is 0.0295. The van der Waals surface area contributed by atoms with Crippen LogP contribution < -0.4 is 0 Å². The molecule has 3 heteroatoms. The summed E-state index contributed by atoms with van der Waals surface area (Å²) in [6.07, 6.45) is 3.29. The zero-order valence-electron chi connectivity index (χ0n) is 5.72. The fraction of sp³-hybridized carbons (Fsp3) is 0.429. The lowest BCUT2D eigenvalue weighted by molar-refractivity contribution is -0.113. The topological polar surface area (TPSA) is 29.4 Å². The minimum absolute atomic E-state index is 0.0295. The molecular weight excluding hydrogens is 150 g/mol. The van der Waals surface area contributed by atoms with E-state index in [1.165, 1.54) is 6.92 Å². The normalized spacial score (nSPS) is 17.8. The van der Waals surface area contributed by atoms with Crippen LogP contribution in [-0.4, -0.2) is 12.0 Å². The molecule has 0 fully saturated rings. The second-order valence-corrected chi connectivity index (χ2v) is 2.53. The van der Waals surface area contributed by atoms with Gasteiger partial charge in [0.1, 0.15) is 5.16 Å². The Bertz CT molecular complexity index is 218. The van der Waals surface area contributed by atoms with Gasteiger partial charge in [0, 0.05) is 11.8 Å². The smallest absolute Gasteiger partial charge is 0.158 e. The Balaban J connectivity index is 2.89. The fourth-order valence-corrected chi connectivity index (χ4v) is 1.15. The summed E-state index contributed by atoms with van der Waals surface area (Å²) in [5.41, 5.74) is 0.657. The number of halogens is 1. The maximum absolute atomic E-state index is 10.8. The molecule has 0 N–H and O–H groups in total. The standard InChI is InChI=1S/C7H8ClNO/c1-5(10)6-3-2-4-9-7(6)8/h4H,2-3H2,1H3. The maximum atomic E-state index is 10.8. The van der Waals surface area contributed by atoms with Gasteiger partial charge in [-0.15, -0.1) is 0 Å². The predicted octanol–water partition coefficient (Wildman–Crippen LogP) is 1.89. The number of ketones is 1. The molecular formula is C7H8ClNO. The summed E-state index contributed by atoms with van der Waals surface area (Å²) in [6.45, 7) is 1.51. The zero-order chi connectivity index (χ0) is 7.56. The maximum Gasteiger partial charge on any atom is 0.158 e. The molecule has 0 spiro atoms. The van der Waals surface area contributed by atoms with Gasteiger partial charge in [-0.3, -0.25) is 4.79 Å². The van der Waals surface area contributed by atoms with Crippen LogP contribution in [0.15, 0.2) is 15.7 Å². The first-order valence-electron chi connectivity index (χ1n) is 3.14. The zero-order valence-corrected chi connectivity index (χ0v) is 6.48. The van der Waals surface area contributed by atoms with Crippen molar-refractivity contribution < 1.29 is 4.79 Å². The highest BCUT2D eigenvalue weighted by atomic mass is 35.5. The molecule has 1 aliphatic rings. The van der Waals surface area contributed by atoms with Crippen molar-refractivity contribution in [2.75, 3.05) is 0 Å². The van der Waals surface area contributed by atoms with Gasteiger partial charge in [-0.05, 0) is 19.8 Å². The molecule has 0 aromatic carbocycles. The Kier molecular flexibility index (Phi) is 2.22. The predicted molar refractivity (Wildman–Crippen MR) is 41.3 cm³/mol. The number of hydrogen-bond donors (Lipinski definition) is 0. The first kappa shape index (κ1) is 7.48. The molecule has 0 unspecified atom stereocenters. The lowest BCUT2D eigenvalue weighted by Gasteiger charge is -2.05. The first-order valence-corrected chi connectivity index (χ1v) is 3.51. The molecule has 1 aliphatic heterocycles. The summed E-state index contributed by atoms with van der Waals surface area (Å²) >= 11 is 5.64. The SMILES string of the molecule is CC(=O)C1=C(Cl)N=CCC1. The van der Waals surface area contributed by atoms with Crippen molar-refractivity contribution in [3.63, 3.8) is 0 Å². The highest BCUT2D eigenvalue weighted by Gasteiger charge is 2.11. The van der Waals surface area contributed by atoms with E-state index >= 15 is 0 Å². The third-order valence-electron chi connectivity index (χ3n) is 1.40. The molecule has 1 rings (SSSR count). The highest BCUT2D eigenvalue weighted by Crippen LogP contribution is 2.20. The van der Waals surface area contributed by atoms with E-state index in [-0.39, 0.29) is 5.78 Å². The van der Waals surface area contributed by atoms with E-state index in [1.54, 1.807) is 6.21 Å². The van der Waals surface area contributed by atoms with Crippen LogP contribution in [0.3, 0.4) is 0 Å². The Morgan fingerprint density at radius 1 is 1.80 bits per heavy atom. The number of hydrogen-bond acceptors (Lipinski definition) is 2. The van der Waals surface area contributed by atoms with E-state index in [0.29, 0.717) is 10.7 Å². The average molecular weight is 158 g/mol. The molecule has 2 nitrogen and oxygen atoms in total. The number of aliphatic imine (C=N–C) groups is 1. The van der Waals surface area contributed by atoms with E-state index in [1.807, 2.05) is 0 Å². The van der Waals surface area contributed by atoms with Crippen molar-refractivity contribution in [2.45, 2.75) is 19.8 Å². The summed E-state index contributed by atoms with van der Waals surface area (Å²) in [6, 6.07) is 0. The third kappa shape index (κ3) is 1.45. The number of carbonyl (C=O) groups is 1. The third-order valence-corrected chi connectivity index (χ3v) is 1.73. The van der Waals surface area contributed by atoms with Gasteiger partial charge in [0.05, 0.1) is 0 Å². The summed E-state index contributed by atoms with van der Waals surface area (Å²) < 4.78 is 0. The molecule has 0 saturated carbocycles. The van der Waals surface area contributed by atoms with Crippen molar-refractivity contribution in [1.29, 1.82) is 0 Å². The van der Waals surface area contributed by atoms with Crippen LogP contribution in [0.1, 0.15) is 19.8 Å². The lowest BCUT2D eigenvalue weighted by Crippen LogP contribution is -2.02. The van der Waals surface area contributed by atoms with Crippen LogP contribution in [0.2, 0.25) is 0 Å². The van der Waals surface area contributed by atoms with Gasteiger partial charge in [0.15, 0.2) is 5.78 Å². The van der Waals surface area contributed by atoms with Gasteiger partial charge >= 0.3 is 0 Å². The van der Waals surface area contributed by atoms with Crippen LogP contribution in [0.25, 0.3) is 0 Å². The minimum Gasteiger partial charge on any atom is -0.295 e. The van der Waals surface area contributed by atoms with E-state index in [2.05, 4.69) is 4.99 Å². The molecule has 0 atom stereocenters. The highest BCUT2D eigenvalue weighted by molar-refractivity contribution is 6.32. The van der Waals surface area contributed by atoms with Crippen LogP contribution in [0.5, 0.6) is 0 Å². The van der Waals surface area contributed by atoms with Crippen LogP contribution in [-0.2, 0) is 4.79 Å². The van der Waals surface area contributed by atoms with Crippen molar-refractivity contribution in [1.82, 2.24) is 0 Å². The average Bonchev–Trinajstić information content (AvgIpc) is 1.88. The van der Waals surface area contributed by atoms with Gasteiger partial charge in [-0.2, -0.15) is 0 Å². The summed E-state index contributed by atoms with van der Waals surface area (Å²) in [7, 11) is 0. The molecule has 0 aromatic rings. The van der Waals surface area contributed by atoms with Gasteiger partial charge in [0.25, 0.3) is 0 Å². The van der Waals surface area contributed by atoms with Gasteiger partial charge in [-0.25, -0.2) is 4.99 Å². The van der Waals surface area contributed by atoms with E-state index in [4.69, 9.17) is 11.6 Å².